The third-order valence-electron chi connectivity index (χ3n) is 11.9. The molecule has 266 valence electrons. The van der Waals surface area contributed by atoms with Crippen LogP contribution in [0.3, 0.4) is 0 Å². The standard InChI is InChI=1S/C52H33GeN3S/c1-4-18-34(19-5-1)52-54-49-39-25-10-14-28-42(39)53(35-20-6-2-7-21-35,36-22-8-3-9-23-36)48(49)50(55-52)40-26-12-16-30-44(40)56-43-29-15-11-24-37(43)38-32-33-46-47(51(38)56)41-27-13-17-31-45(41)57-46/h1-33H. The van der Waals surface area contributed by atoms with E-state index >= 15 is 0 Å². The van der Waals surface area contributed by atoms with E-state index in [4.69, 9.17) is 9.97 Å². The number of aromatic nitrogens is 3. The van der Waals surface area contributed by atoms with Crippen LogP contribution in [-0.4, -0.2) is 27.8 Å². The molecular weight excluding hydrogens is 771 g/mol. The Kier molecular flexibility index (Phi) is 7.28. The summed E-state index contributed by atoms with van der Waals surface area (Å²) in [4.78, 5) is 11.4. The van der Waals surface area contributed by atoms with Crippen molar-refractivity contribution < 1.29 is 0 Å². The second-order valence-corrected chi connectivity index (χ2v) is 23.6. The average Bonchev–Trinajstić information content (AvgIpc) is 3.93. The van der Waals surface area contributed by atoms with Crippen molar-refractivity contribution in [1.29, 1.82) is 0 Å². The molecular formula is C52H33GeN3S. The van der Waals surface area contributed by atoms with Gasteiger partial charge in [-0.15, -0.1) is 0 Å². The second kappa shape index (κ2) is 12.7. The molecule has 0 aliphatic carbocycles. The van der Waals surface area contributed by atoms with Crippen LogP contribution in [-0.2, 0) is 0 Å². The van der Waals surface area contributed by atoms with Gasteiger partial charge in [-0.05, 0) is 0 Å². The Balaban J connectivity index is 1.27. The van der Waals surface area contributed by atoms with Crippen LogP contribution in [0.2, 0.25) is 0 Å². The van der Waals surface area contributed by atoms with Crippen LogP contribution >= 0.6 is 11.3 Å². The van der Waals surface area contributed by atoms with Gasteiger partial charge in [0.2, 0.25) is 0 Å². The molecule has 3 nitrogen and oxygen atoms in total. The number of rotatable bonds is 5. The third kappa shape index (κ3) is 4.66. The van der Waals surface area contributed by atoms with Gasteiger partial charge in [0.25, 0.3) is 0 Å². The van der Waals surface area contributed by atoms with Gasteiger partial charge in [0.05, 0.1) is 0 Å². The molecule has 1 aliphatic rings. The van der Waals surface area contributed by atoms with Crippen molar-refractivity contribution >= 4 is 84.2 Å². The van der Waals surface area contributed by atoms with Crippen LogP contribution in [0.1, 0.15) is 0 Å². The number of thiophene rings is 1. The average molecular weight is 805 g/mol. The Morgan fingerprint density at radius 2 is 1.02 bits per heavy atom. The van der Waals surface area contributed by atoms with E-state index in [1.165, 1.54) is 65.1 Å². The Hall–Kier alpha value is -6.60. The van der Waals surface area contributed by atoms with E-state index in [-0.39, 0.29) is 0 Å². The second-order valence-electron chi connectivity index (χ2n) is 14.8. The minimum atomic E-state index is -3.80. The number of fused-ring (bicyclic) bond motifs is 10. The summed E-state index contributed by atoms with van der Waals surface area (Å²) in [6, 6.07) is 73.3. The van der Waals surface area contributed by atoms with Gasteiger partial charge < -0.3 is 0 Å². The molecule has 0 radical (unpaired) electrons. The Morgan fingerprint density at radius 3 is 1.77 bits per heavy atom. The van der Waals surface area contributed by atoms with Crippen molar-refractivity contribution in [3.8, 4) is 39.6 Å². The molecule has 0 spiro atoms. The van der Waals surface area contributed by atoms with E-state index in [1.54, 1.807) is 0 Å². The van der Waals surface area contributed by atoms with E-state index < -0.39 is 13.3 Å². The monoisotopic (exact) mass is 805 g/mol. The number of nitrogens with zero attached hydrogens (tertiary/aromatic N) is 3. The number of benzene rings is 8. The quantitative estimate of drug-likeness (QED) is 0.162. The Labute approximate surface area is 336 Å². The fourth-order valence-corrected chi connectivity index (χ4v) is 21.7. The third-order valence-corrected chi connectivity index (χ3v) is 23.2. The maximum atomic E-state index is 5.77. The van der Waals surface area contributed by atoms with Gasteiger partial charge in [-0.25, -0.2) is 0 Å². The van der Waals surface area contributed by atoms with Crippen LogP contribution < -0.4 is 17.6 Å². The summed E-state index contributed by atoms with van der Waals surface area (Å²) < 4.78 is 10.5. The Bertz CT molecular complexity index is 3310. The SMILES string of the molecule is c1ccc(-c2nc(-c3ccccc3-n3c4ccccc4c4ccc5sc6ccccc6c5c43)[c]3c(n2)-c2cccc[c]2[Ge]3([c]2ccccc2)[c]2ccccc2)cc1. The molecule has 12 rings (SSSR count). The zero-order chi connectivity index (χ0) is 37.5. The molecule has 0 atom stereocenters. The molecule has 1 aliphatic heterocycles. The van der Waals surface area contributed by atoms with Crippen molar-refractivity contribution in [3.63, 3.8) is 0 Å². The van der Waals surface area contributed by atoms with Crippen LogP contribution in [0.25, 0.3) is 81.6 Å². The Morgan fingerprint density at radius 1 is 0.439 bits per heavy atom. The van der Waals surface area contributed by atoms with Gasteiger partial charge in [0.1, 0.15) is 0 Å². The molecule has 0 bridgehead atoms. The summed E-state index contributed by atoms with van der Waals surface area (Å²) in [6.07, 6.45) is 0. The molecule has 11 aromatic rings. The van der Waals surface area contributed by atoms with Gasteiger partial charge in [0, 0.05) is 0 Å². The molecule has 0 N–H and O–H groups in total. The predicted molar refractivity (Wildman–Crippen MR) is 243 cm³/mol. The first-order valence-corrected chi connectivity index (χ1v) is 24.4. The summed E-state index contributed by atoms with van der Waals surface area (Å²) in [7, 11) is 0. The van der Waals surface area contributed by atoms with Gasteiger partial charge in [-0.1, -0.05) is 0 Å². The fourth-order valence-electron chi connectivity index (χ4n) is 9.60. The first-order valence-electron chi connectivity index (χ1n) is 19.4. The molecule has 0 saturated carbocycles. The summed E-state index contributed by atoms with van der Waals surface area (Å²) in [5, 5.41) is 5.08. The van der Waals surface area contributed by atoms with Gasteiger partial charge in [0.15, 0.2) is 0 Å². The van der Waals surface area contributed by atoms with E-state index in [0.29, 0.717) is 0 Å². The van der Waals surface area contributed by atoms with Crippen LogP contribution in [0.4, 0.5) is 0 Å². The topological polar surface area (TPSA) is 30.7 Å². The molecule has 0 saturated heterocycles. The zero-order valence-electron chi connectivity index (χ0n) is 30.8. The van der Waals surface area contributed by atoms with E-state index in [0.717, 1.165) is 34.0 Å². The molecule has 8 aromatic carbocycles. The molecule has 5 heteroatoms. The summed E-state index contributed by atoms with van der Waals surface area (Å²) in [5.41, 5.74) is 8.89. The van der Waals surface area contributed by atoms with E-state index in [9.17, 15) is 0 Å². The van der Waals surface area contributed by atoms with E-state index in [2.05, 4.69) is 205 Å². The van der Waals surface area contributed by atoms with Crippen molar-refractivity contribution in [2.24, 2.45) is 0 Å². The summed E-state index contributed by atoms with van der Waals surface area (Å²) >= 11 is -1.93. The maximum absolute atomic E-state index is 5.77. The van der Waals surface area contributed by atoms with Crippen molar-refractivity contribution in [3.05, 3.63) is 200 Å². The van der Waals surface area contributed by atoms with Gasteiger partial charge in [-0.2, -0.15) is 0 Å². The number of hydrogen-bond donors (Lipinski definition) is 0. The number of hydrogen-bond acceptors (Lipinski definition) is 3. The van der Waals surface area contributed by atoms with E-state index in [1.807, 2.05) is 11.3 Å². The van der Waals surface area contributed by atoms with Crippen LogP contribution in [0, 0.1) is 0 Å². The minimum absolute atomic E-state index is 0.738. The molecule has 57 heavy (non-hydrogen) atoms. The predicted octanol–water partition coefficient (Wildman–Crippen LogP) is 10.6. The summed E-state index contributed by atoms with van der Waals surface area (Å²) in [6.45, 7) is 0. The normalized spacial score (nSPS) is 13.1. The molecule has 0 unspecified atom stereocenters. The molecule has 3 aromatic heterocycles. The molecule has 4 heterocycles. The van der Waals surface area contributed by atoms with Crippen molar-refractivity contribution in [1.82, 2.24) is 14.5 Å². The molecule has 0 amide bonds. The van der Waals surface area contributed by atoms with Crippen LogP contribution in [0.5, 0.6) is 0 Å². The van der Waals surface area contributed by atoms with Gasteiger partial charge >= 0.3 is 338 Å². The molecule has 0 fully saturated rings. The summed E-state index contributed by atoms with van der Waals surface area (Å²) in [5.74, 6) is 0.738. The zero-order valence-corrected chi connectivity index (χ0v) is 33.7. The van der Waals surface area contributed by atoms with Gasteiger partial charge in [-0.3, -0.25) is 0 Å². The first-order chi connectivity index (χ1) is 28.3. The van der Waals surface area contributed by atoms with Crippen LogP contribution in [0.15, 0.2) is 200 Å². The number of para-hydroxylation sites is 2. The van der Waals surface area contributed by atoms with Crippen molar-refractivity contribution in [2.45, 2.75) is 0 Å². The fraction of sp³-hybridized carbons (Fsp3) is 0. The first kappa shape index (κ1) is 32.6. The van der Waals surface area contributed by atoms with Crippen molar-refractivity contribution in [2.75, 3.05) is 0 Å².